The van der Waals surface area contributed by atoms with Gasteiger partial charge in [0.1, 0.15) is 45.3 Å². The Labute approximate surface area is 643 Å². The molecule has 21 rings (SSSR count). The summed E-state index contributed by atoms with van der Waals surface area (Å²) in [7, 11) is -3.19. The number of nitrogens with one attached hydrogen (secondary N) is 4. The highest BCUT2D eigenvalue weighted by Gasteiger charge is 2.59. The van der Waals surface area contributed by atoms with E-state index in [1.54, 1.807) is 47.2 Å². The number of nitrogens with zero attached hydrogens (tertiary/aromatic N) is 7. The number of rotatable bonds is 2. The van der Waals surface area contributed by atoms with Crippen LogP contribution in [0.4, 0.5) is 22.0 Å². The molecule has 9 aliphatic carbocycles. The Hall–Kier alpha value is -7.66. The number of pyridine rings is 1. The van der Waals surface area contributed by atoms with Gasteiger partial charge >= 0.3 is 6.03 Å². The number of hydrogen-bond acceptors (Lipinski definition) is 21. The van der Waals surface area contributed by atoms with Crippen LogP contribution in [0.25, 0.3) is 0 Å². The number of likely N-dealkylation sites (tertiary alicyclic amines) is 2. The van der Waals surface area contributed by atoms with Crippen LogP contribution >= 0.6 is 11.6 Å². The molecular weight excluding hydrogens is 1430 g/mol. The molecule has 5 N–H and O–H groups in total. The lowest BCUT2D eigenvalue weighted by molar-refractivity contribution is -0.531. The van der Waals surface area contributed by atoms with Gasteiger partial charge in [-0.25, -0.2) is 23.2 Å². The number of hydrogen-bond donors (Lipinski definition) is 5. The summed E-state index contributed by atoms with van der Waals surface area (Å²) in [5.41, 5.74) is 1.12. The molecular formula is C81H106ClN11O15S. The second-order valence-corrected chi connectivity index (χ2v) is 34.9. The highest BCUT2D eigenvalue weighted by atomic mass is 35.5. The third-order valence-electron chi connectivity index (χ3n) is 26.8. The lowest BCUT2D eigenvalue weighted by Crippen LogP contribution is -2.88. The predicted octanol–water partition coefficient (Wildman–Crippen LogP) is 8.73. The molecule has 2 aromatic carbocycles. The fourth-order valence-electron chi connectivity index (χ4n) is 19.1. The largest absolute Gasteiger partial charge is 0.784 e. The van der Waals surface area contributed by atoms with Crippen LogP contribution in [0.1, 0.15) is 231 Å². The average molecular weight is 1540 g/mol. The van der Waals surface area contributed by atoms with Crippen LogP contribution in [-0.4, -0.2) is 208 Å². The molecule has 14 fully saturated rings. The average Bonchev–Trinajstić information content (AvgIpc) is 1.72. The first-order valence-corrected chi connectivity index (χ1v) is 41.3. The van der Waals surface area contributed by atoms with Crippen LogP contribution in [0.5, 0.6) is 0 Å². The summed E-state index contributed by atoms with van der Waals surface area (Å²) in [6, 6.07) is 19.0. The van der Waals surface area contributed by atoms with Gasteiger partial charge in [-0.15, -0.1) is 0 Å². The smallest absolute Gasteiger partial charge is 0.322 e. The molecule has 9 unspecified atom stereocenters. The maximum atomic E-state index is 12.3. The molecule has 10 heterocycles. The number of urea groups is 1. The lowest BCUT2D eigenvalue weighted by atomic mass is 9.73. The number of anilines is 3. The van der Waals surface area contributed by atoms with Crippen molar-refractivity contribution < 1.29 is 71.4 Å². The summed E-state index contributed by atoms with van der Waals surface area (Å²) in [6.07, 6.45) is 35.5. The van der Waals surface area contributed by atoms with Gasteiger partial charge in [0.25, 0.3) is 0 Å². The zero-order valence-corrected chi connectivity index (χ0v) is 63.7. The van der Waals surface area contributed by atoms with E-state index in [2.05, 4.69) is 43.1 Å². The van der Waals surface area contributed by atoms with E-state index in [-0.39, 0.29) is 76.0 Å². The summed E-state index contributed by atoms with van der Waals surface area (Å²) in [6.45, 7) is 4.74. The molecule has 0 radical (unpaired) electrons. The van der Waals surface area contributed by atoms with E-state index in [0.717, 1.165) is 209 Å². The molecule has 9 aliphatic heterocycles. The normalized spacial score (nSPS) is 33.5. The van der Waals surface area contributed by atoms with Gasteiger partial charge < -0.3 is 41.2 Å². The number of benzene rings is 2. The molecule has 28 heteroatoms. The number of halogens is 1. The van der Waals surface area contributed by atoms with Crippen molar-refractivity contribution in [2.75, 3.05) is 54.9 Å². The second-order valence-electron chi connectivity index (χ2n) is 32.6. The Balaban J connectivity index is 0.000000115. The number of amides is 3. The molecule has 26 nitrogen and oxygen atoms in total. The van der Waals surface area contributed by atoms with Crippen LogP contribution in [0, 0.1) is 5.21 Å². The SMILES string of the molecule is C.CC(=O)N1CCCC12CCC2=O.CS(=O)(=O)N1CCCC12CCC2=O.O=C(Nc1cccc(Cl)c1)N1CCCC12CCC2=O.O=C1CCC12CCC=N2.O=C1CCC12CCC=[NH+]2.O=C1CCC12CCCN2O.O=C1CCC12CCCN2[O-].O=C1CCC12Cc1ccccc1N2.O=C1CCC12Cc1cccnc1N2. The third-order valence-corrected chi connectivity index (χ3v) is 28.3. The highest BCUT2D eigenvalue weighted by Crippen LogP contribution is 2.49. The van der Waals surface area contributed by atoms with Gasteiger partial charge in [0.2, 0.25) is 27.3 Å². The van der Waals surface area contributed by atoms with Crippen molar-refractivity contribution in [3.8, 4) is 0 Å². The van der Waals surface area contributed by atoms with Gasteiger partial charge in [-0.2, -0.15) is 9.37 Å². The van der Waals surface area contributed by atoms with E-state index in [1.807, 2.05) is 36.7 Å². The van der Waals surface area contributed by atoms with Crippen LogP contribution in [0.2, 0.25) is 5.02 Å². The number of carbonyl (C=O) groups excluding carboxylic acids is 11. The number of hydroxylamine groups is 4. The van der Waals surface area contributed by atoms with Gasteiger partial charge in [-0.3, -0.25) is 52.9 Å². The van der Waals surface area contributed by atoms with Crippen LogP contribution in [0.3, 0.4) is 0 Å². The minimum absolute atomic E-state index is 0. The third kappa shape index (κ3) is 15.1. The van der Waals surface area contributed by atoms with Gasteiger partial charge in [-0.05, 0) is 176 Å². The number of sulfonamides is 1. The van der Waals surface area contributed by atoms with Crippen molar-refractivity contribution in [1.82, 2.24) is 29.2 Å². The Morgan fingerprint density at radius 1 is 0.541 bits per heavy atom. The summed E-state index contributed by atoms with van der Waals surface area (Å²) in [5.74, 6) is 3.42. The number of fused-ring (bicyclic) bond motifs is 2. The first-order chi connectivity index (χ1) is 51.5. The van der Waals surface area contributed by atoms with Crippen molar-refractivity contribution in [3.05, 3.63) is 88.2 Å². The molecule has 3 amide bonds. The monoisotopic (exact) mass is 1540 g/mol. The molecule has 9 spiro atoms. The second kappa shape index (κ2) is 31.8. The molecule has 9 saturated carbocycles. The Kier molecular flexibility index (Phi) is 23.6. The molecule has 1 aromatic heterocycles. The van der Waals surface area contributed by atoms with Crippen LogP contribution < -0.4 is 20.9 Å². The summed E-state index contributed by atoms with van der Waals surface area (Å²) < 4.78 is 24.1. The first kappa shape index (κ1) is 80.8. The predicted molar refractivity (Wildman–Crippen MR) is 410 cm³/mol. The van der Waals surface area contributed by atoms with Crippen molar-refractivity contribution in [3.63, 3.8) is 0 Å². The molecule has 5 saturated heterocycles. The topological polar surface area (TPSA) is 357 Å². The maximum Gasteiger partial charge on any atom is 0.322 e. The van der Waals surface area contributed by atoms with Crippen molar-refractivity contribution >= 4 is 115 Å². The van der Waals surface area contributed by atoms with Gasteiger partial charge in [-0.1, -0.05) is 49.4 Å². The maximum absolute atomic E-state index is 12.3. The molecule has 9 atom stereocenters. The Morgan fingerprint density at radius 3 is 1.46 bits per heavy atom. The summed E-state index contributed by atoms with van der Waals surface area (Å²) in [5, 5.41) is 32.6. The summed E-state index contributed by atoms with van der Waals surface area (Å²) in [4.78, 5) is 140. The van der Waals surface area contributed by atoms with Crippen molar-refractivity contribution in [2.24, 2.45) is 4.99 Å². The molecule has 3 aromatic rings. The van der Waals surface area contributed by atoms with Crippen LogP contribution in [0.15, 0.2) is 71.9 Å². The molecule has 109 heavy (non-hydrogen) atoms. The van der Waals surface area contributed by atoms with Crippen LogP contribution in [-0.2, 0) is 70.8 Å². The number of para-hydroxylation sites is 1. The van der Waals surface area contributed by atoms with Gasteiger partial charge in [0.05, 0.1) is 17.3 Å². The van der Waals surface area contributed by atoms with E-state index in [9.17, 15) is 71.6 Å². The molecule has 588 valence electrons. The fraction of sp³-hybridized carbons (Fsp3) is 0.630. The summed E-state index contributed by atoms with van der Waals surface area (Å²) >= 11 is 5.89. The van der Waals surface area contributed by atoms with E-state index >= 15 is 0 Å². The Morgan fingerprint density at radius 2 is 1.07 bits per heavy atom. The standard InChI is InChI=1S/C14H15ClN2O2.C11H11NO.C10H10N2O.C9H13NO2.C8H13NO3S.C7H11NO2.C7H10NO2.2C7H9NO.CH4/c15-10-3-1-4-11(9-10)16-13(19)17-8-2-6-14(17)7-5-12(14)18;13-10-5-6-11(10)7-8-3-1-2-4-9(8)12-11;13-8-3-4-10(8)6-7-2-1-5-11-9(7)12-10;1-7(11)10-6-2-4-9(10)5-3-8(9)12;1-13(11,12)9-6-2-4-8(9)5-3-7(8)10;2*9-6-2-4-7(6)3-1-5-8(7)10;2*9-6-2-4-7(6)3-1-5-8-7;/h1,3-4,9H,2,5-8H2,(H,16,19);1-4,12H,5-7H2;1-2,5H,3-4,6H2,(H,11,12);2-6H2,1H3;2-6H2,1H3;10H,1-5H2;1-5H2;2*5H,1-4H2;1H4/q;;;;;;-1;;;/p+1. The van der Waals surface area contributed by atoms with Crippen molar-refractivity contribution in [2.45, 2.75) is 283 Å². The first-order valence-electron chi connectivity index (χ1n) is 39.1. The van der Waals surface area contributed by atoms with E-state index in [4.69, 9.17) is 11.6 Å². The number of ketones is 9. The minimum atomic E-state index is -3.19. The van der Waals surface area contributed by atoms with E-state index in [0.29, 0.717) is 92.1 Å². The number of carbonyl (C=O) groups is 11. The quantitative estimate of drug-likeness (QED) is 0.160. The number of aliphatic imine (C=N–C) groups is 1. The lowest BCUT2D eigenvalue weighted by Gasteiger charge is -2.48. The number of aromatic nitrogens is 1. The van der Waals surface area contributed by atoms with E-state index < -0.39 is 32.2 Å². The minimum Gasteiger partial charge on any atom is -0.784 e. The fourth-order valence-corrected chi connectivity index (χ4v) is 20.7. The van der Waals surface area contributed by atoms with Crippen molar-refractivity contribution in [1.29, 1.82) is 0 Å². The van der Waals surface area contributed by atoms with Gasteiger partial charge in [0, 0.05) is 152 Å². The zero-order valence-electron chi connectivity index (χ0n) is 62.2. The number of Topliss-reactive ketones (excluding diaryl/α,β-unsaturated/α-hetero) is 9. The Bertz CT molecular complexity index is 4100. The zero-order chi connectivity index (χ0) is 76.7. The van der Waals surface area contributed by atoms with Gasteiger partial charge in [0.15, 0.2) is 46.3 Å². The molecule has 18 aliphatic rings. The van der Waals surface area contributed by atoms with E-state index in [1.165, 1.54) is 26.8 Å². The molecule has 0 bridgehead atoms. The highest BCUT2D eigenvalue weighted by molar-refractivity contribution is 7.88.